The van der Waals surface area contributed by atoms with Gasteiger partial charge in [-0.3, -0.25) is 4.98 Å². The number of nitrogens with zero attached hydrogens (tertiary/aromatic N) is 2. The molecular weight excluding hydrogens is 647 g/mol. The predicted octanol–water partition coefficient (Wildman–Crippen LogP) is 7.97. The van der Waals surface area contributed by atoms with Crippen LogP contribution in [0.15, 0.2) is 91.0 Å². The molecule has 31 heavy (non-hydrogen) atoms. The number of para-hydroxylation sites is 1. The van der Waals surface area contributed by atoms with Crippen molar-refractivity contribution < 1.29 is 17.8 Å². The second kappa shape index (κ2) is 9.00. The number of aromatic nitrogens is 2. The van der Waals surface area contributed by atoms with E-state index in [0.29, 0.717) is 0 Å². The number of fused-ring (bicyclic) bond motifs is 4. The average molecular weight is 662 g/mol. The molecule has 0 N–H and O–H groups in total. The summed E-state index contributed by atoms with van der Waals surface area (Å²) < 4.78 is 1.18. The Balaban J connectivity index is 0.000000994. The van der Waals surface area contributed by atoms with E-state index in [4.69, 9.17) is 9.97 Å². The van der Waals surface area contributed by atoms with Crippen molar-refractivity contribution in [2.24, 2.45) is 0 Å². The zero-order valence-electron chi connectivity index (χ0n) is 16.2. The van der Waals surface area contributed by atoms with Gasteiger partial charge in [-0.15, -0.1) is 35.1 Å². The summed E-state index contributed by atoms with van der Waals surface area (Å²) in [5.74, 6) is 0. The molecule has 0 aliphatic rings. The molecule has 0 unspecified atom stereocenters. The molecule has 6 aromatic rings. The first-order valence-electron chi connectivity index (χ1n) is 9.64. The molecule has 5 heteroatoms. The maximum Gasteiger partial charge on any atom is 0.142 e. The smallest absolute Gasteiger partial charge is 0.142 e. The molecule has 6 rings (SSSR count). The molecule has 0 saturated carbocycles. The Morgan fingerprint density at radius 1 is 0.710 bits per heavy atom. The van der Waals surface area contributed by atoms with Gasteiger partial charge in [0.25, 0.3) is 0 Å². The van der Waals surface area contributed by atoms with Crippen LogP contribution in [0.4, 0.5) is 0 Å². The number of halogens is 1. The van der Waals surface area contributed by atoms with Crippen LogP contribution in [-0.4, -0.2) is 9.97 Å². The molecular formula is C26H15BrN2PtS. The van der Waals surface area contributed by atoms with Crippen LogP contribution in [0.3, 0.4) is 0 Å². The van der Waals surface area contributed by atoms with E-state index in [1.807, 2.05) is 42.0 Å². The summed E-state index contributed by atoms with van der Waals surface area (Å²) in [7, 11) is 0. The van der Waals surface area contributed by atoms with Crippen molar-refractivity contribution in [1.82, 2.24) is 9.97 Å². The summed E-state index contributed by atoms with van der Waals surface area (Å²) in [6.07, 6.45) is 0. The van der Waals surface area contributed by atoms with Crippen LogP contribution in [0.1, 0.15) is 0 Å². The number of pyridine rings is 1. The van der Waals surface area contributed by atoms with Gasteiger partial charge in [-0.25, -0.2) is 4.98 Å². The third kappa shape index (κ3) is 3.96. The summed E-state index contributed by atoms with van der Waals surface area (Å²) in [5.41, 5.74) is 5.14. The standard InChI is InChI=1S/C26H15N2S.BrH.Pt/c1-2-6-17(7-3-1)20-13-11-18-10-12-19-14-15-23(27-25(19)21(18)16-20)26-28-22-8-4-5-9-24(22)29-26;;/h1-15H;1H;/q-1;;+2/p-1. The van der Waals surface area contributed by atoms with Gasteiger partial charge in [-0.05, 0) is 23.6 Å². The molecule has 0 radical (unpaired) electrons. The Bertz CT molecular complexity index is 1480. The van der Waals surface area contributed by atoms with E-state index in [1.165, 1.54) is 4.70 Å². The van der Waals surface area contributed by atoms with Crippen molar-refractivity contribution in [3.05, 3.63) is 97.1 Å². The van der Waals surface area contributed by atoms with Crippen LogP contribution in [0.25, 0.3) is 53.7 Å². The molecule has 2 heterocycles. The van der Waals surface area contributed by atoms with Crippen molar-refractivity contribution in [1.29, 1.82) is 0 Å². The van der Waals surface area contributed by atoms with Gasteiger partial charge in [-0.1, -0.05) is 77.0 Å². The summed E-state index contributed by atoms with van der Waals surface area (Å²) in [6, 6.07) is 34.9. The van der Waals surface area contributed by atoms with Gasteiger partial charge < -0.3 is 0 Å². The molecule has 0 spiro atoms. The van der Waals surface area contributed by atoms with Gasteiger partial charge in [0.1, 0.15) is 5.01 Å². The Kier molecular flexibility index (Phi) is 5.95. The summed E-state index contributed by atoms with van der Waals surface area (Å²) in [6.45, 7) is 0. The van der Waals surface area contributed by atoms with E-state index >= 15 is 0 Å². The van der Waals surface area contributed by atoms with Crippen molar-refractivity contribution in [2.45, 2.75) is 0 Å². The van der Waals surface area contributed by atoms with Crippen molar-refractivity contribution in [2.75, 3.05) is 0 Å². The van der Waals surface area contributed by atoms with Crippen LogP contribution >= 0.6 is 24.6 Å². The Labute approximate surface area is 202 Å². The van der Waals surface area contributed by atoms with Gasteiger partial charge in [0.15, 0.2) is 0 Å². The normalized spacial score (nSPS) is 10.9. The summed E-state index contributed by atoms with van der Waals surface area (Å²) in [5, 5.41) is 4.26. The molecule has 0 atom stereocenters. The van der Waals surface area contributed by atoms with E-state index in [2.05, 4.69) is 86.1 Å². The van der Waals surface area contributed by atoms with Crippen LogP contribution in [-0.2, 0) is 17.8 Å². The monoisotopic (exact) mass is 661 g/mol. The molecule has 152 valence electrons. The van der Waals surface area contributed by atoms with Crippen LogP contribution in [0, 0.1) is 6.07 Å². The zero-order valence-corrected chi connectivity index (χ0v) is 20.8. The maximum atomic E-state index is 5.02. The fourth-order valence-corrected chi connectivity index (χ4v) is 4.65. The molecule has 0 saturated heterocycles. The van der Waals surface area contributed by atoms with Crippen LogP contribution in [0.2, 0.25) is 0 Å². The third-order valence-electron chi connectivity index (χ3n) is 5.18. The first kappa shape index (κ1) is 20.5. The second-order valence-electron chi connectivity index (χ2n) is 7.02. The fourth-order valence-electron chi connectivity index (χ4n) is 3.71. The molecule has 2 nitrogen and oxygen atoms in total. The third-order valence-corrected chi connectivity index (χ3v) is 6.24. The predicted molar refractivity (Wildman–Crippen MR) is 131 cm³/mol. The van der Waals surface area contributed by atoms with Crippen molar-refractivity contribution in [3.8, 4) is 21.8 Å². The number of thiazole rings is 1. The fraction of sp³-hybridized carbons (Fsp3) is 0. The number of benzene rings is 4. The summed E-state index contributed by atoms with van der Waals surface area (Å²) >= 11 is 6.54. The minimum Gasteiger partial charge on any atom is -0.283 e. The topological polar surface area (TPSA) is 25.8 Å². The first-order valence-corrected chi connectivity index (χ1v) is 15.4. The Morgan fingerprint density at radius 2 is 1.42 bits per heavy atom. The molecule has 2 aromatic heterocycles. The molecule has 4 aromatic carbocycles. The Morgan fingerprint density at radius 3 is 2.26 bits per heavy atom. The second-order valence-corrected chi connectivity index (χ2v) is 8.05. The first-order chi connectivity index (χ1) is 15.3. The zero-order chi connectivity index (χ0) is 21.2. The number of rotatable bonds is 2. The van der Waals surface area contributed by atoms with E-state index in [9.17, 15) is 0 Å². The summed E-state index contributed by atoms with van der Waals surface area (Å²) in [4.78, 5) is 9.80. The number of hydrogen-bond acceptors (Lipinski definition) is 3. The molecule has 0 bridgehead atoms. The minimum absolute atomic E-state index is 0.907. The van der Waals surface area contributed by atoms with Crippen molar-refractivity contribution in [3.63, 3.8) is 0 Å². The van der Waals surface area contributed by atoms with Gasteiger partial charge in [0, 0.05) is 5.52 Å². The molecule has 0 amide bonds. The molecule has 0 fully saturated rings. The molecule has 0 aliphatic heterocycles. The van der Waals surface area contributed by atoms with Gasteiger partial charge >= 0.3 is 31.1 Å². The van der Waals surface area contributed by atoms with E-state index in [0.717, 1.165) is 49.0 Å². The van der Waals surface area contributed by atoms with Gasteiger partial charge in [-0.2, -0.15) is 0 Å². The van der Waals surface area contributed by atoms with Crippen molar-refractivity contribution >= 4 is 56.5 Å². The maximum absolute atomic E-state index is 5.02. The van der Waals surface area contributed by atoms with E-state index in [-0.39, 0.29) is 0 Å². The van der Waals surface area contributed by atoms with Gasteiger partial charge in [0.05, 0.1) is 15.9 Å². The van der Waals surface area contributed by atoms with E-state index < -0.39 is 0 Å². The SMILES string of the molecule is [Br][Pt+].[c-]1c(-c2ccccc2)ccc2ccc3ccc(-c4nc5ccccc5s4)nc3c12. The molecule has 0 aliphatic carbocycles. The van der Waals surface area contributed by atoms with E-state index in [1.54, 1.807) is 11.3 Å². The van der Waals surface area contributed by atoms with Crippen LogP contribution in [0.5, 0.6) is 0 Å². The average Bonchev–Trinajstić information content (AvgIpc) is 3.29. The quantitative estimate of drug-likeness (QED) is 0.139. The van der Waals surface area contributed by atoms with Crippen LogP contribution < -0.4 is 0 Å². The Hall–Kier alpha value is -2.39. The number of hydrogen-bond donors (Lipinski definition) is 0. The van der Waals surface area contributed by atoms with Gasteiger partial charge in [0.2, 0.25) is 0 Å². The minimum atomic E-state index is 0.907. The largest absolute Gasteiger partial charge is 0.283 e.